The highest BCUT2D eigenvalue weighted by molar-refractivity contribution is 5.77. The van der Waals surface area contributed by atoms with Crippen molar-refractivity contribution in [1.82, 2.24) is 4.98 Å². The molecule has 0 amide bonds. The third-order valence-electron chi connectivity index (χ3n) is 2.23. The Kier molecular flexibility index (Phi) is 2.59. The number of carbonyl (C=O) groups excluding carboxylic acids is 1. The molecule has 0 bridgehead atoms. The van der Waals surface area contributed by atoms with Crippen LogP contribution in [0, 0.1) is 6.92 Å². The highest BCUT2D eigenvalue weighted by Gasteiger charge is 1.99. The Bertz CT molecular complexity index is 474. The second kappa shape index (κ2) is 4.05. The minimum atomic E-state index is 0.528. The molecule has 15 heavy (non-hydrogen) atoms. The highest BCUT2D eigenvalue weighted by atomic mass is 16.1. The number of aryl methyl sites for hydroxylation is 1. The molecule has 0 aliphatic carbocycles. The Hall–Kier alpha value is -1.96. The lowest BCUT2D eigenvalue weighted by Gasteiger charge is -2.01. The van der Waals surface area contributed by atoms with Gasteiger partial charge >= 0.3 is 0 Å². The molecule has 1 radical (unpaired) electrons. The average molecular weight is 196 g/mol. The molecule has 0 saturated carbocycles. The van der Waals surface area contributed by atoms with E-state index in [1.165, 1.54) is 5.56 Å². The number of aromatic nitrogens is 1. The van der Waals surface area contributed by atoms with Crippen LogP contribution in [0.5, 0.6) is 0 Å². The molecular formula is C13H10NO. The van der Waals surface area contributed by atoms with Gasteiger partial charge in [-0.25, -0.2) is 0 Å². The summed E-state index contributed by atoms with van der Waals surface area (Å²) in [5, 5.41) is 0. The first-order valence-corrected chi connectivity index (χ1v) is 4.71. The van der Waals surface area contributed by atoms with Crippen molar-refractivity contribution in [3.8, 4) is 11.3 Å². The first-order valence-electron chi connectivity index (χ1n) is 4.71. The summed E-state index contributed by atoms with van der Waals surface area (Å²) in [4.78, 5) is 14.7. The van der Waals surface area contributed by atoms with Gasteiger partial charge in [0.15, 0.2) is 0 Å². The van der Waals surface area contributed by atoms with Gasteiger partial charge in [0, 0.05) is 17.3 Å². The fraction of sp³-hybridized carbons (Fsp3) is 0.0769. The Morgan fingerprint density at radius 1 is 1.13 bits per heavy atom. The third kappa shape index (κ3) is 2.10. The number of nitrogens with zero attached hydrogens (tertiary/aromatic N) is 1. The Balaban J connectivity index is 2.44. The van der Waals surface area contributed by atoms with E-state index < -0.39 is 0 Å². The number of pyridine rings is 1. The van der Waals surface area contributed by atoms with Crippen molar-refractivity contribution in [3.63, 3.8) is 0 Å². The van der Waals surface area contributed by atoms with Gasteiger partial charge in [-0.3, -0.25) is 9.78 Å². The molecular weight excluding hydrogens is 186 g/mol. The SMILES string of the molecule is Cc1ccc(-c2cc([C]=O)ccn2)cc1. The fourth-order valence-corrected chi connectivity index (χ4v) is 1.38. The van der Waals surface area contributed by atoms with Crippen LogP contribution >= 0.6 is 0 Å². The van der Waals surface area contributed by atoms with Crippen LogP contribution in [0.3, 0.4) is 0 Å². The zero-order valence-electron chi connectivity index (χ0n) is 8.40. The lowest BCUT2D eigenvalue weighted by molar-refractivity contribution is 0.562. The van der Waals surface area contributed by atoms with E-state index in [4.69, 9.17) is 0 Å². The number of rotatable bonds is 2. The minimum absolute atomic E-state index is 0.528. The van der Waals surface area contributed by atoms with Crippen LogP contribution in [-0.2, 0) is 4.79 Å². The molecule has 2 rings (SSSR count). The fourth-order valence-electron chi connectivity index (χ4n) is 1.38. The van der Waals surface area contributed by atoms with E-state index in [9.17, 15) is 4.79 Å². The minimum Gasteiger partial charge on any atom is -0.285 e. The van der Waals surface area contributed by atoms with E-state index in [0.29, 0.717) is 5.56 Å². The maximum absolute atomic E-state index is 10.5. The lowest BCUT2D eigenvalue weighted by atomic mass is 10.1. The zero-order chi connectivity index (χ0) is 10.7. The lowest BCUT2D eigenvalue weighted by Crippen LogP contribution is -1.86. The van der Waals surface area contributed by atoms with Crippen molar-refractivity contribution in [2.75, 3.05) is 0 Å². The maximum Gasteiger partial charge on any atom is 0.233 e. The maximum atomic E-state index is 10.5. The molecule has 0 aliphatic heterocycles. The van der Waals surface area contributed by atoms with Gasteiger partial charge in [-0.05, 0) is 19.1 Å². The summed E-state index contributed by atoms with van der Waals surface area (Å²) in [6, 6.07) is 11.4. The van der Waals surface area contributed by atoms with Gasteiger partial charge in [-0.2, -0.15) is 0 Å². The monoisotopic (exact) mass is 196 g/mol. The summed E-state index contributed by atoms with van der Waals surface area (Å²) in [5.41, 5.74) is 3.55. The van der Waals surface area contributed by atoms with E-state index in [1.54, 1.807) is 18.3 Å². The largest absolute Gasteiger partial charge is 0.285 e. The zero-order valence-corrected chi connectivity index (χ0v) is 8.40. The van der Waals surface area contributed by atoms with Crippen LogP contribution in [-0.4, -0.2) is 11.3 Å². The Labute approximate surface area is 88.6 Å². The average Bonchev–Trinajstić information content (AvgIpc) is 2.30. The molecule has 0 aliphatic rings. The molecule has 0 spiro atoms. The van der Waals surface area contributed by atoms with Crippen molar-refractivity contribution in [1.29, 1.82) is 0 Å². The molecule has 0 unspecified atom stereocenters. The van der Waals surface area contributed by atoms with Crippen molar-refractivity contribution in [3.05, 3.63) is 53.7 Å². The summed E-state index contributed by atoms with van der Waals surface area (Å²) in [6.45, 7) is 2.03. The molecule has 2 nitrogen and oxygen atoms in total. The Morgan fingerprint density at radius 3 is 2.53 bits per heavy atom. The quantitative estimate of drug-likeness (QED) is 0.738. The third-order valence-corrected chi connectivity index (χ3v) is 2.23. The smallest absolute Gasteiger partial charge is 0.233 e. The predicted octanol–water partition coefficient (Wildman–Crippen LogP) is 2.51. The topological polar surface area (TPSA) is 30.0 Å². The van der Waals surface area contributed by atoms with Gasteiger partial charge in [0.1, 0.15) is 0 Å². The van der Waals surface area contributed by atoms with Crippen LogP contribution < -0.4 is 0 Å². The van der Waals surface area contributed by atoms with Crippen molar-refractivity contribution >= 4 is 6.29 Å². The van der Waals surface area contributed by atoms with Crippen molar-refractivity contribution in [2.24, 2.45) is 0 Å². The molecule has 73 valence electrons. The second-order valence-corrected chi connectivity index (χ2v) is 3.40. The van der Waals surface area contributed by atoms with Crippen molar-refractivity contribution < 1.29 is 4.79 Å². The van der Waals surface area contributed by atoms with Crippen LogP contribution in [0.4, 0.5) is 0 Å². The van der Waals surface area contributed by atoms with E-state index in [-0.39, 0.29) is 0 Å². The van der Waals surface area contributed by atoms with E-state index in [2.05, 4.69) is 4.98 Å². The summed E-state index contributed by atoms with van der Waals surface area (Å²) in [7, 11) is 0. The molecule has 1 aromatic carbocycles. The standard InChI is InChI=1S/C13H10NO/c1-10-2-4-12(5-3-10)13-8-11(9-15)6-7-14-13/h2-8H,1H3. The van der Waals surface area contributed by atoms with Crippen LogP contribution in [0.15, 0.2) is 42.6 Å². The number of hydrogen-bond acceptors (Lipinski definition) is 2. The van der Waals surface area contributed by atoms with Crippen LogP contribution in [0.2, 0.25) is 0 Å². The first-order chi connectivity index (χ1) is 7.29. The molecule has 0 fully saturated rings. The molecule has 1 heterocycles. The summed E-state index contributed by atoms with van der Waals surface area (Å²) in [5.74, 6) is 0. The molecule has 0 saturated heterocycles. The molecule has 0 atom stereocenters. The van der Waals surface area contributed by atoms with Crippen LogP contribution in [0.1, 0.15) is 11.1 Å². The van der Waals surface area contributed by atoms with Gasteiger partial charge in [-0.15, -0.1) is 0 Å². The first kappa shape index (κ1) is 9.59. The van der Waals surface area contributed by atoms with Gasteiger partial charge < -0.3 is 0 Å². The van der Waals surface area contributed by atoms with Gasteiger partial charge in [-0.1, -0.05) is 29.8 Å². The van der Waals surface area contributed by atoms with E-state index in [1.807, 2.05) is 37.5 Å². The van der Waals surface area contributed by atoms with Crippen LogP contribution in [0.25, 0.3) is 11.3 Å². The van der Waals surface area contributed by atoms with Gasteiger partial charge in [0.25, 0.3) is 0 Å². The van der Waals surface area contributed by atoms with E-state index in [0.717, 1.165) is 11.3 Å². The Morgan fingerprint density at radius 2 is 1.87 bits per heavy atom. The summed E-state index contributed by atoms with van der Waals surface area (Å²) >= 11 is 0. The molecule has 2 heteroatoms. The molecule has 2 aromatic rings. The predicted molar refractivity (Wildman–Crippen MR) is 59.2 cm³/mol. The highest BCUT2D eigenvalue weighted by Crippen LogP contribution is 2.17. The van der Waals surface area contributed by atoms with Crippen molar-refractivity contribution in [2.45, 2.75) is 6.92 Å². The van der Waals surface area contributed by atoms with E-state index >= 15 is 0 Å². The number of hydrogen-bond donors (Lipinski definition) is 0. The molecule has 0 N–H and O–H groups in total. The van der Waals surface area contributed by atoms with Gasteiger partial charge in [0.2, 0.25) is 6.29 Å². The molecule has 1 aromatic heterocycles. The van der Waals surface area contributed by atoms with Gasteiger partial charge in [0.05, 0.1) is 5.69 Å². The normalized spacial score (nSPS) is 9.93. The summed E-state index contributed by atoms with van der Waals surface area (Å²) < 4.78 is 0. The second-order valence-electron chi connectivity index (χ2n) is 3.40. The summed E-state index contributed by atoms with van der Waals surface area (Å²) in [6.07, 6.45) is 3.48. The number of benzene rings is 1.